The number of anilines is 1. The fraction of sp³-hybridized carbons (Fsp3) is 0.0714. The van der Waals surface area contributed by atoms with Crippen molar-refractivity contribution in [3.05, 3.63) is 50.9 Å². The number of nitrogens with one attached hydrogen (secondary N) is 1. The maximum atomic E-state index is 11.5. The Morgan fingerprint density at radius 2 is 1.85 bits per heavy atom. The number of carbonyl (C=O) groups excluding carboxylic acids is 1. The second kappa shape index (κ2) is 5.52. The topological polar surface area (TPSA) is 49.3 Å². The molecule has 3 nitrogen and oxygen atoms in total. The molecule has 0 fully saturated rings. The van der Waals surface area contributed by atoms with Gasteiger partial charge in [-0.2, -0.15) is 0 Å². The number of carbonyl (C=O) groups is 1. The smallest absolute Gasteiger partial charge is 0.257 e. The zero-order valence-electron chi connectivity index (χ0n) is 10.1. The molecule has 1 heterocycles. The predicted molar refractivity (Wildman–Crippen MR) is 86.0 cm³/mol. The summed E-state index contributed by atoms with van der Waals surface area (Å²) in [5.41, 5.74) is 1.28. The number of fused-ring (bicyclic) bond motifs is 1. The summed E-state index contributed by atoms with van der Waals surface area (Å²) in [6, 6.07) is 11.7. The van der Waals surface area contributed by atoms with Crippen LogP contribution in [0.25, 0.3) is 0 Å². The monoisotopic (exact) mass is 413 g/mol. The summed E-state index contributed by atoms with van der Waals surface area (Å²) < 4.78 is 1.89. The van der Waals surface area contributed by atoms with E-state index in [1.165, 1.54) is 0 Å². The van der Waals surface area contributed by atoms with E-state index in [1.807, 2.05) is 30.3 Å². The lowest BCUT2D eigenvalue weighted by Gasteiger charge is -2.08. The first kappa shape index (κ1) is 14.1. The van der Waals surface area contributed by atoms with E-state index in [1.54, 1.807) is 17.8 Å². The first-order valence-corrected chi connectivity index (χ1v) is 8.20. The Labute approximate surface area is 137 Å². The quantitative estimate of drug-likeness (QED) is 0.767. The van der Waals surface area contributed by atoms with Crippen LogP contribution in [0.4, 0.5) is 5.69 Å². The highest BCUT2D eigenvalue weighted by atomic mass is 79.9. The summed E-state index contributed by atoms with van der Waals surface area (Å²) in [7, 11) is 0. The van der Waals surface area contributed by atoms with Gasteiger partial charge in [0, 0.05) is 30.0 Å². The minimum Gasteiger partial charge on any atom is -0.378 e. The summed E-state index contributed by atoms with van der Waals surface area (Å²) in [5, 5.41) is 12.4. The molecule has 6 heteroatoms. The molecule has 0 radical (unpaired) electrons. The number of benzene rings is 2. The van der Waals surface area contributed by atoms with Crippen molar-refractivity contribution in [3.63, 3.8) is 0 Å². The molecule has 3 rings (SSSR count). The first-order chi connectivity index (χ1) is 9.54. The van der Waals surface area contributed by atoms with Crippen LogP contribution in [0.3, 0.4) is 0 Å². The van der Waals surface area contributed by atoms with Crippen molar-refractivity contribution in [3.8, 4) is 0 Å². The number of rotatable bonds is 2. The minimum atomic E-state index is -1.08. The Kier molecular flexibility index (Phi) is 3.90. The van der Waals surface area contributed by atoms with Crippen molar-refractivity contribution in [2.75, 3.05) is 5.32 Å². The summed E-state index contributed by atoms with van der Waals surface area (Å²) in [6.45, 7) is 0. The molecular weight excluding hydrogens is 406 g/mol. The van der Waals surface area contributed by atoms with Gasteiger partial charge in [-0.1, -0.05) is 27.7 Å². The van der Waals surface area contributed by atoms with Crippen LogP contribution in [0.15, 0.2) is 55.1 Å². The minimum absolute atomic E-state index is 0.377. The van der Waals surface area contributed by atoms with Gasteiger partial charge in [-0.25, -0.2) is 0 Å². The molecule has 0 saturated heterocycles. The highest BCUT2D eigenvalue weighted by Crippen LogP contribution is 2.41. The van der Waals surface area contributed by atoms with Gasteiger partial charge in [0.2, 0.25) is 0 Å². The van der Waals surface area contributed by atoms with Gasteiger partial charge in [0.1, 0.15) is 0 Å². The van der Waals surface area contributed by atoms with Gasteiger partial charge in [-0.15, -0.1) is 0 Å². The zero-order chi connectivity index (χ0) is 14.3. The van der Waals surface area contributed by atoms with Crippen molar-refractivity contribution >= 4 is 55.2 Å². The van der Waals surface area contributed by atoms with E-state index in [0.717, 1.165) is 18.7 Å². The molecule has 0 aromatic heterocycles. The fourth-order valence-electron chi connectivity index (χ4n) is 1.95. The van der Waals surface area contributed by atoms with E-state index in [9.17, 15) is 9.90 Å². The fourth-order valence-corrected chi connectivity index (χ4v) is 3.68. The van der Waals surface area contributed by atoms with Crippen LogP contribution in [-0.2, 0) is 4.79 Å². The van der Waals surface area contributed by atoms with Gasteiger partial charge in [0.15, 0.2) is 6.10 Å². The largest absolute Gasteiger partial charge is 0.378 e. The van der Waals surface area contributed by atoms with Gasteiger partial charge >= 0.3 is 0 Å². The normalized spacial score (nSPS) is 16.9. The van der Waals surface area contributed by atoms with E-state index in [0.29, 0.717) is 11.3 Å². The Bertz CT molecular complexity index is 688. The molecular formula is C14H9Br2NO2S. The van der Waals surface area contributed by atoms with Crippen LogP contribution in [0.1, 0.15) is 11.7 Å². The van der Waals surface area contributed by atoms with Crippen LogP contribution in [0.2, 0.25) is 0 Å². The molecule has 1 atom stereocenters. The second-order valence-electron chi connectivity index (χ2n) is 4.32. The molecule has 2 N–H and O–H groups in total. The Morgan fingerprint density at radius 3 is 2.55 bits per heavy atom. The zero-order valence-corrected chi connectivity index (χ0v) is 14.0. The molecule has 1 aliphatic heterocycles. The van der Waals surface area contributed by atoms with E-state index < -0.39 is 6.10 Å². The average molecular weight is 415 g/mol. The van der Waals surface area contributed by atoms with E-state index in [2.05, 4.69) is 37.2 Å². The SMILES string of the molecule is O=C1Nc2cc(Sc3ccc(Br)cc3)c(Br)cc2C1O. The third kappa shape index (κ3) is 2.65. The van der Waals surface area contributed by atoms with Crippen molar-refractivity contribution in [1.82, 2.24) is 0 Å². The predicted octanol–water partition coefficient (Wildman–Crippen LogP) is 4.35. The van der Waals surface area contributed by atoms with Gasteiger partial charge in [-0.3, -0.25) is 4.79 Å². The van der Waals surface area contributed by atoms with Crippen LogP contribution >= 0.6 is 43.6 Å². The lowest BCUT2D eigenvalue weighted by molar-refractivity contribution is -0.123. The molecule has 0 bridgehead atoms. The highest BCUT2D eigenvalue weighted by Gasteiger charge is 2.29. The maximum absolute atomic E-state index is 11.5. The van der Waals surface area contributed by atoms with Crippen LogP contribution < -0.4 is 5.32 Å². The number of hydrogen-bond acceptors (Lipinski definition) is 3. The van der Waals surface area contributed by atoms with Crippen molar-refractivity contribution in [2.24, 2.45) is 0 Å². The second-order valence-corrected chi connectivity index (χ2v) is 7.20. The molecule has 2 aromatic carbocycles. The Hall–Kier alpha value is -0.820. The summed E-state index contributed by atoms with van der Waals surface area (Å²) in [4.78, 5) is 13.5. The van der Waals surface area contributed by atoms with Crippen molar-refractivity contribution in [1.29, 1.82) is 0 Å². The number of aliphatic hydroxyl groups is 1. The van der Waals surface area contributed by atoms with Crippen LogP contribution in [0.5, 0.6) is 0 Å². The molecule has 0 aliphatic carbocycles. The molecule has 1 aliphatic rings. The van der Waals surface area contributed by atoms with Crippen molar-refractivity contribution in [2.45, 2.75) is 15.9 Å². The van der Waals surface area contributed by atoms with E-state index >= 15 is 0 Å². The van der Waals surface area contributed by atoms with Gasteiger partial charge in [0.25, 0.3) is 5.91 Å². The number of amides is 1. The number of hydrogen-bond donors (Lipinski definition) is 2. The molecule has 0 spiro atoms. The summed E-state index contributed by atoms with van der Waals surface area (Å²) in [6.07, 6.45) is -1.08. The molecule has 102 valence electrons. The third-order valence-electron chi connectivity index (χ3n) is 2.95. The van der Waals surface area contributed by atoms with Gasteiger partial charge in [0.05, 0.1) is 0 Å². The van der Waals surface area contributed by atoms with Gasteiger partial charge in [-0.05, 0) is 52.3 Å². The van der Waals surface area contributed by atoms with Crippen molar-refractivity contribution < 1.29 is 9.90 Å². The standard InChI is InChI=1S/C14H9Br2NO2S/c15-7-1-3-8(4-2-7)20-12-6-11-9(5-10(12)16)13(18)14(19)17-11/h1-6,13,18H,(H,17,19). The molecule has 1 amide bonds. The molecule has 0 saturated carbocycles. The number of halogens is 2. The van der Waals surface area contributed by atoms with Crippen LogP contribution in [-0.4, -0.2) is 11.0 Å². The summed E-state index contributed by atoms with van der Waals surface area (Å²) >= 11 is 8.49. The molecule has 2 aromatic rings. The lowest BCUT2D eigenvalue weighted by Crippen LogP contribution is -2.10. The average Bonchev–Trinajstić information content (AvgIpc) is 2.69. The lowest BCUT2D eigenvalue weighted by atomic mass is 10.1. The highest BCUT2D eigenvalue weighted by molar-refractivity contribution is 9.10. The third-order valence-corrected chi connectivity index (χ3v) is 5.46. The van der Waals surface area contributed by atoms with Gasteiger partial charge < -0.3 is 10.4 Å². The molecule has 1 unspecified atom stereocenters. The number of aliphatic hydroxyl groups excluding tert-OH is 1. The maximum Gasteiger partial charge on any atom is 0.257 e. The van der Waals surface area contributed by atoms with E-state index in [-0.39, 0.29) is 5.91 Å². The first-order valence-electron chi connectivity index (χ1n) is 5.80. The van der Waals surface area contributed by atoms with E-state index in [4.69, 9.17) is 0 Å². The van der Waals surface area contributed by atoms with Crippen LogP contribution in [0, 0.1) is 0 Å². The molecule has 20 heavy (non-hydrogen) atoms. The Morgan fingerprint density at radius 1 is 1.15 bits per heavy atom. The Balaban J connectivity index is 1.94. The summed E-state index contributed by atoms with van der Waals surface area (Å²) in [5.74, 6) is -0.377.